The Kier molecular flexibility index (Phi) is 8.10. The molecule has 0 unspecified atom stereocenters. The van der Waals surface area contributed by atoms with Crippen LogP contribution in [-0.2, 0) is 19.6 Å². The Balaban J connectivity index is 1.93. The van der Waals surface area contributed by atoms with Crippen molar-refractivity contribution in [1.29, 1.82) is 0 Å². The summed E-state index contributed by atoms with van der Waals surface area (Å²) in [4.78, 5) is 24.9. The van der Waals surface area contributed by atoms with Crippen LogP contribution in [0.1, 0.15) is 15.9 Å². The molecule has 2 rings (SSSR count). The smallest absolute Gasteiger partial charge is 0.337 e. The summed E-state index contributed by atoms with van der Waals surface area (Å²) in [6, 6.07) is 13.9. The second-order valence-electron chi connectivity index (χ2n) is 6.32. The van der Waals surface area contributed by atoms with E-state index in [0.29, 0.717) is 23.5 Å². The maximum Gasteiger partial charge on any atom is 0.337 e. The van der Waals surface area contributed by atoms with Gasteiger partial charge in [0, 0.05) is 17.2 Å². The van der Waals surface area contributed by atoms with Crippen molar-refractivity contribution in [2.75, 3.05) is 36.5 Å². The van der Waals surface area contributed by atoms with E-state index in [1.165, 1.54) is 36.9 Å². The van der Waals surface area contributed by atoms with Crippen molar-refractivity contribution < 1.29 is 22.7 Å². The lowest BCUT2D eigenvalue weighted by Gasteiger charge is -2.22. The van der Waals surface area contributed by atoms with Crippen molar-refractivity contribution in [2.45, 2.75) is 11.8 Å². The third-order valence-electron chi connectivity index (χ3n) is 3.98. The van der Waals surface area contributed by atoms with Crippen LogP contribution in [0.4, 0.5) is 5.69 Å². The van der Waals surface area contributed by atoms with Gasteiger partial charge in [-0.15, -0.1) is 11.8 Å². The molecule has 0 aromatic heterocycles. The molecule has 156 valence electrons. The molecule has 1 amide bonds. The van der Waals surface area contributed by atoms with Crippen molar-refractivity contribution in [3.8, 4) is 0 Å². The number of nitrogens with one attached hydrogen (secondary N) is 1. The zero-order valence-corrected chi connectivity index (χ0v) is 18.2. The molecule has 9 heteroatoms. The second kappa shape index (κ2) is 10.3. The van der Waals surface area contributed by atoms with E-state index in [1.54, 1.807) is 11.8 Å². The Bertz CT molecular complexity index is 942. The number of aryl methyl sites for hydroxylation is 1. The second-order valence-corrected chi connectivity index (χ2v) is 9.39. The molecule has 29 heavy (non-hydrogen) atoms. The van der Waals surface area contributed by atoms with Crippen molar-refractivity contribution in [3.05, 3.63) is 59.7 Å². The molecule has 0 saturated carbocycles. The summed E-state index contributed by atoms with van der Waals surface area (Å²) in [5.74, 6) is -0.259. The number of esters is 1. The summed E-state index contributed by atoms with van der Waals surface area (Å²) in [5.41, 5.74) is 1.77. The van der Waals surface area contributed by atoms with Crippen LogP contribution in [0.5, 0.6) is 0 Å². The first-order valence-electron chi connectivity index (χ1n) is 8.83. The molecule has 0 aliphatic heterocycles. The highest BCUT2D eigenvalue weighted by Crippen LogP contribution is 2.19. The molecule has 0 atom stereocenters. The van der Waals surface area contributed by atoms with Crippen LogP contribution in [0, 0.1) is 6.92 Å². The Morgan fingerprint density at radius 1 is 1.07 bits per heavy atom. The van der Waals surface area contributed by atoms with E-state index in [2.05, 4.69) is 10.1 Å². The zero-order valence-electron chi connectivity index (χ0n) is 16.5. The zero-order chi connectivity index (χ0) is 21.4. The fraction of sp³-hybridized carbons (Fsp3) is 0.300. The van der Waals surface area contributed by atoms with Gasteiger partial charge >= 0.3 is 5.97 Å². The number of hydrogen-bond donors (Lipinski definition) is 1. The van der Waals surface area contributed by atoms with Crippen LogP contribution < -0.4 is 9.62 Å². The number of carbonyl (C=O) groups excluding carboxylic acids is 2. The number of rotatable bonds is 9. The van der Waals surface area contributed by atoms with Gasteiger partial charge in [-0.05, 0) is 43.3 Å². The van der Waals surface area contributed by atoms with E-state index in [1.807, 2.05) is 31.2 Å². The van der Waals surface area contributed by atoms with Gasteiger partial charge in [-0.1, -0.05) is 17.7 Å². The summed E-state index contributed by atoms with van der Waals surface area (Å²) in [5, 5.41) is 2.74. The maximum atomic E-state index is 12.3. The van der Waals surface area contributed by atoms with Crippen LogP contribution in [0.15, 0.2) is 53.4 Å². The van der Waals surface area contributed by atoms with Crippen molar-refractivity contribution in [1.82, 2.24) is 5.32 Å². The van der Waals surface area contributed by atoms with E-state index >= 15 is 0 Å². The van der Waals surface area contributed by atoms with E-state index < -0.39 is 21.9 Å². The molecule has 0 bridgehead atoms. The van der Waals surface area contributed by atoms with Gasteiger partial charge in [-0.3, -0.25) is 9.10 Å². The number of nitrogens with zero attached hydrogens (tertiary/aromatic N) is 1. The minimum Gasteiger partial charge on any atom is -0.465 e. The molecule has 2 aromatic carbocycles. The first-order chi connectivity index (χ1) is 13.7. The number of sulfonamides is 1. The molecule has 0 radical (unpaired) electrons. The van der Waals surface area contributed by atoms with Gasteiger partial charge in [0.05, 0.1) is 24.6 Å². The van der Waals surface area contributed by atoms with E-state index in [0.717, 1.165) is 15.5 Å². The quantitative estimate of drug-likeness (QED) is 0.369. The highest BCUT2D eigenvalue weighted by Gasteiger charge is 2.21. The van der Waals surface area contributed by atoms with E-state index in [9.17, 15) is 18.0 Å². The van der Waals surface area contributed by atoms with Crippen LogP contribution in [0.3, 0.4) is 0 Å². The van der Waals surface area contributed by atoms with Gasteiger partial charge in [-0.2, -0.15) is 0 Å². The van der Waals surface area contributed by atoms with Crippen molar-refractivity contribution in [2.24, 2.45) is 0 Å². The lowest BCUT2D eigenvalue weighted by Crippen LogP contribution is -2.41. The monoisotopic (exact) mass is 436 g/mol. The maximum absolute atomic E-state index is 12.3. The number of carbonyl (C=O) groups is 2. The number of methoxy groups -OCH3 is 1. The minimum atomic E-state index is -3.68. The summed E-state index contributed by atoms with van der Waals surface area (Å²) in [6.45, 7) is 2.09. The third kappa shape index (κ3) is 7.10. The topological polar surface area (TPSA) is 92.8 Å². The normalized spacial score (nSPS) is 11.0. The lowest BCUT2D eigenvalue weighted by atomic mass is 10.2. The molecule has 0 spiro atoms. The first kappa shape index (κ1) is 22.8. The van der Waals surface area contributed by atoms with Gasteiger partial charge in [-0.25, -0.2) is 13.2 Å². The van der Waals surface area contributed by atoms with Crippen LogP contribution >= 0.6 is 11.8 Å². The Labute approximate surface area is 175 Å². The minimum absolute atomic E-state index is 0.294. The number of ether oxygens (including phenoxy) is 1. The summed E-state index contributed by atoms with van der Waals surface area (Å²) < 4.78 is 29.9. The number of benzene rings is 2. The van der Waals surface area contributed by atoms with Crippen LogP contribution in [0.25, 0.3) is 0 Å². The molecule has 2 aromatic rings. The average Bonchev–Trinajstić information content (AvgIpc) is 2.69. The molecular formula is C20H24N2O5S2. The number of hydrogen-bond acceptors (Lipinski definition) is 6. The average molecular weight is 437 g/mol. The Morgan fingerprint density at radius 2 is 1.69 bits per heavy atom. The molecule has 0 aliphatic carbocycles. The predicted octanol–water partition coefficient (Wildman–Crippen LogP) is 2.46. The van der Waals surface area contributed by atoms with Gasteiger partial charge in [0.1, 0.15) is 6.54 Å². The number of thioether (sulfide) groups is 1. The van der Waals surface area contributed by atoms with Crippen LogP contribution in [0.2, 0.25) is 0 Å². The van der Waals surface area contributed by atoms with E-state index in [4.69, 9.17) is 0 Å². The number of amides is 1. The number of anilines is 1. The third-order valence-corrected chi connectivity index (χ3v) is 6.13. The van der Waals surface area contributed by atoms with Gasteiger partial charge in [0.2, 0.25) is 15.9 Å². The molecule has 0 aliphatic rings. The first-order valence-corrected chi connectivity index (χ1v) is 11.7. The van der Waals surface area contributed by atoms with Crippen molar-refractivity contribution >= 4 is 39.3 Å². The standard InChI is InChI=1S/C20H24N2O5S2/c1-15-4-10-18(11-5-15)28-13-12-21-19(23)14-22(29(3,25)26)17-8-6-16(7-9-17)20(24)27-2/h4-11H,12-14H2,1-3H3,(H,21,23). The largest absolute Gasteiger partial charge is 0.465 e. The molecular weight excluding hydrogens is 412 g/mol. The van der Waals surface area contributed by atoms with Crippen LogP contribution in [-0.4, -0.2) is 52.5 Å². The van der Waals surface area contributed by atoms with E-state index in [-0.39, 0.29) is 6.54 Å². The molecule has 0 heterocycles. The van der Waals surface area contributed by atoms with Gasteiger partial charge < -0.3 is 10.1 Å². The fourth-order valence-corrected chi connectivity index (χ4v) is 4.09. The highest BCUT2D eigenvalue weighted by atomic mass is 32.2. The molecule has 1 N–H and O–H groups in total. The fourth-order valence-electron chi connectivity index (χ4n) is 2.46. The SMILES string of the molecule is COC(=O)c1ccc(N(CC(=O)NCCSc2ccc(C)cc2)S(C)(=O)=O)cc1. The van der Waals surface area contributed by atoms with Gasteiger partial charge in [0.15, 0.2) is 0 Å². The van der Waals surface area contributed by atoms with Gasteiger partial charge in [0.25, 0.3) is 0 Å². The molecule has 0 saturated heterocycles. The summed E-state index contributed by atoms with van der Waals surface area (Å²) in [6.07, 6.45) is 1.03. The summed E-state index contributed by atoms with van der Waals surface area (Å²) in [7, 11) is -2.41. The molecule has 7 nitrogen and oxygen atoms in total. The predicted molar refractivity (Wildman–Crippen MR) is 115 cm³/mol. The Hall–Kier alpha value is -2.52. The highest BCUT2D eigenvalue weighted by molar-refractivity contribution is 7.99. The summed E-state index contributed by atoms with van der Waals surface area (Å²) >= 11 is 1.61. The lowest BCUT2D eigenvalue weighted by molar-refractivity contribution is -0.119. The molecule has 0 fully saturated rings. The Morgan fingerprint density at radius 3 is 2.24 bits per heavy atom. The van der Waals surface area contributed by atoms with Crippen molar-refractivity contribution in [3.63, 3.8) is 0 Å².